The van der Waals surface area contributed by atoms with Gasteiger partial charge < -0.3 is 39.4 Å². The Kier molecular flexibility index (Phi) is 10.1. The molecule has 4 rings (SSSR count). The van der Waals surface area contributed by atoms with Gasteiger partial charge in [0, 0.05) is 50.4 Å². The van der Waals surface area contributed by atoms with Gasteiger partial charge in [-0.2, -0.15) is 0 Å². The molecule has 0 radical (unpaired) electrons. The van der Waals surface area contributed by atoms with Gasteiger partial charge in [-0.3, -0.25) is 9.80 Å². The van der Waals surface area contributed by atoms with E-state index >= 15 is 0 Å². The molecule has 0 unspecified atom stereocenters. The van der Waals surface area contributed by atoms with Gasteiger partial charge in [-0.25, -0.2) is 0 Å². The summed E-state index contributed by atoms with van der Waals surface area (Å²) in [5.74, 6) is 0.571. The molecular weight excluding hydrogens is 492 g/mol. The number of ether oxygens (including phenoxy) is 4. The third-order valence-corrected chi connectivity index (χ3v) is 6.93. The molecule has 2 saturated heterocycles. The summed E-state index contributed by atoms with van der Waals surface area (Å²) >= 11 is 0. The van der Waals surface area contributed by atoms with Gasteiger partial charge in [0.05, 0.1) is 39.6 Å². The molecule has 2 aromatic carbocycles. The molecule has 2 aliphatic rings. The van der Waals surface area contributed by atoms with Crippen molar-refractivity contribution in [2.75, 3.05) is 65.8 Å². The predicted octanol–water partition coefficient (Wildman–Crippen LogP) is 2.33. The summed E-state index contributed by atoms with van der Waals surface area (Å²) in [6.07, 6.45) is -2.62. The van der Waals surface area contributed by atoms with E-state index in [2.05, 4.69) is 9.80 Å². The Labute approximate surface area is 223 Å². The van der Waals surface area contributed by atoms with Gasteiger partial charge >= 0.3 is 0 Å². The Morgan fingerprint density at radius 3 is 1.39 bits per heavy atom. The number of nitrogens with zero attached hydrogens (tertiary/aromatic N) is 2. The first-order chi connectivity index (χ1) is 18.4. The van der Waals surface area contributed by atoms with Crippen LogP contribution in [0.25, 0.3) is 0 Å². The molecule has 0 spiro atoms. The lowest BCUT2D eigenvalue weighted by molar-refractivity contribution is 0.0163. The summed E-state index contributed by atoms with van der Waals surface area (Å²) in [4.78, 5) is 4.32. The molecule has 10 heteroatoms. The van der Waals surface area contributed by atoms with Gasteiger partial charge in [-0.1, -0.05) is 0 Å². The molecule has 0 bridgehead atoms. The second-order valence-corrected chi connectivity index (χ2v) is 9.59. The lowest BCUT2D eigenvalue weighted by atomic mass is 9.94. The summed E-state index contributed by atoms with van der Waals surface area (Å²) in [6, 6.07) is 6.54. The Morgan fingerprint density at radius 2 is 1.05 bits per heavy atom. The van der Waals surface area contributed by atoms with Crippen LogP contribution in [0.15, 0.2) is 24.3 Å². The Balaban J connectivity index is 1.63. The van der Waals surface area contributed by atoms with Crippen molar-refractivity contribution in [2.24, 2.45) is 0 Å². The fraction of sp³-hybridized carbons (Fsp3) is 0.571. The van der Waals surface area contributed by atoms with Crippen molar-refractivity contribution in [3.05, 3.63) is 46.5 Å². The van der Waals surface area contributed by atoms with Crippen molar-refractivity contribution in [3.8, 4) is 23.0 Å². The Hall–Kier alpha value is -2.60. The molecule has 0 aliphatic carbocycles. The topological polar surface area (TPSA) is 124 Å². The number of morpholine rings is 2. The summed E-state index contributed by atoms with van der Waals surface area (Å²) in [6.45, 7) is 10.7. The molecule has 2 aliphatic heterocycles. The van der Waals surface area contributed by atoms with Crippen LogP contribution < -0.4 is 9.47 Å². The fourth-order valence-electron chi connectivity index (χ4n) is 4.86. The van der Waals surface area contributed by atoms with E-state index in [-0.39, 0.29) is 23.0 Å². The highest BCUT2D eigenvalue weighted by atomic mass is 16.5. The van der Waals surface area contributed by atoms with Crippen molar-refractivity contribution in [1.82, 2.24) is 9.80 Å². The number of hydrogen-bond donors (Lipinski definition) is 4. The molecule has 0 aromatic heterocycles. The molecule has 2 fully saturated rings. The number of aliphatic hydroxyl groups is 2. The lowest BCUT2D eigenvalue weighted by Gasteiger charge is -2.28. The van der Waals surface area contributed by atoms with E-state index in [9.17, 15) is 20.4 Å². The number of phenolic OH excluding ortho intramolecular Hbond substituents is 2. The second kappa shape index (κ2) is 13.5. The zero-order chi connectivity index (χ0) is 27.1. The van der Waals surface area contributed by atoms with Crippen molar-refractivity contribution in [1.29, 1.82) is 0 Å². The predicted molar refractivity (Wildman–Crippen MR) is 141 cm³/mol. The zero-order valence-corrected chi connectivity index (χ0v) is 22.3. The zero-order valence-electron chi connectivity index (χ0n) is 22.3. The van der Waals surface area contributed by atoms with E-state index in [1.54, 1.807) is 24.3 Å². The quantitative estimate of drug-likeness (QED) is 0.343. The number of aromatic hydroxyl groups is 2. The first-order valence-electron chi connectivity index (χ1n) is 13.3. The van der Waals surface area contributed by atoms with Crippen LogP contribution in [0.3, 0.4) is 0 Å². The van der Waals surface area contributed by atoms with E-state index < -0.39 is 12.2 Å². The van der Waals surface area contributed by atoms with Crippen LogP contribution in [-0.4, -0.2) is 96.0 Å². The van der Waals surface area contributed by atoms with Gasteiger partial charge in [0.15, 0.2) is 23.0 Å². The monoisotopic (exact) mass is 532 g/mol. The molecule has 38 heavy (non-hydrogen) atoms. The molecule has 10 nitrogen and oxygen atoms in total. The van der Waals surface area contributed by atoms with Gasteiger partial charge in [-0.05, 0) is 49.2 Å². The van der Waals surface area contributed by atoms with Crippen LogP contribution in [0.5, 0.6) is 23.0 Å². The lowest BCUT2D eigenvalue weighted by Crippen LogP contribution is -2.35. The molecule has 0 saturated carbocycles. The van der Waals surface area contributed by atoms with Crippen LogP contribution >= 0.6 is 0 Å². The Morgan fingerprint density at radius 1 is 0.684 bits per heavy atom. The first kappa shape index (κ1) is 28.4. The number of phenols is 2. The largest absolute Gasteiger partial charge is 0.504 e. The van der Waals surface area contributed by atoms with Crippen LogP contribution in [0.2, 0.25) is 0 Å². The number of hydrogen-bond acceptors (Lipinski definition) is 10. The molecule has 210 valence electrons. The first-order valence-corrected chi connectivity index (χ1v) is 13.3. The SMILES string of the molecule is CCOc1cc([C@H](O)[C@@H](O)c2cc(CN3CCOCC3)c(O)c(OCC)c2)cc(CN2CCOCC2)c1O. The van der Waals surface area contributed by atoms with E-state index in [1.807, 2.05) is 13.8 Å². The van der Waals surface area contributed by atoms with Crippen LogP contribution in [0, 0.1) is 0 Å². The molecular formula is C28H40N2O8. The smallest absolute Gasteiger partial charge is 0.162 e. The maximum absolute atomic E-state index is 11.3. The highest BCUT2D eigenvalue weighted by Crippen LogP contribution is 2.41. The molecule has 2 heterocycles. The third-order valence-electron chi connectivity index (χ3n) is 6.93. The van der Waals surface area contributed by atoms with Gasteiger partial charge in [0.1, 0.15) is 12.2 Å². The van der Waals surface area contributed by atoms with Crippen molar-refractivity contribution < 1.29 is 39.4 Å². The van der Waals surface area contributed by atoms with Crippen molar-refractivity contribution >= 4 is 0 Å². The summed E-state index contributed by atoms with van der Waals surface area (Å²) in [5.41, 5.74) is 2.05. The van der Waals surface area contributed by atoms with Crippen molar-refractivity contribution in [3.63, 3.8) is 0 Å². The van der Waals surface area contributed by atoms with E-state index in [0.717, 1.165) is 26.2 Å². The molecule has 0 amide bonds. The molecule has 2 aromatic rings. The number of aliphatic hydroxyl groups excluding tert-OH is 2. The average molecular weight is 533 g/mol. The van der Waals surface area contributed by atoms with Crippen molar-refractivity contribution in [2.45, 2.75) is 39.1 Å². The molecule has 2 atom stereocenters. The molecule has 4 N–H and O–H groups in total. The third kappa shape index (κ3) is 6.88. The second-order valence-electron chi connectivity index (χ2n) is 9.59. The highest BCUT2D eigenvalue weighted by molar-refractivity contribution is 5.51. The van der Waals surface area contributed by atoms with Crippen LogP contribution in [0.4, 0.5) is 0 Å². The highest BCUT2D eigenvalue weighted by Gasteiger charge is 2.27. The summed E-state index contributed by atoms with van der Waals surface area (Å²) < 4.78 is 22.2. The van der Waals surface area contributed by atoms with E-state index in [1.165, 1.54) is 0 Å². The van der Waals surface area contributed by atoms with E-state index in [4.69, 9.17) is 18.9 Å². The van der Waals surface area contributed by atoms with Crippen LogP contribution in [0.1, 0.15) is 48.3 Å². The fourth-order valence-corrected chi connectivity index (χ4v) is 4.86. The maximum atomic E-state index is 11.3. The van der Waals surface area contributed by atoms with Gasteiger partial charge in [0.25, 0.3) is 0 Å². The number of rotatable bonds is 11. The minimum Gasteiger partial charge on any atom is -0.504 e. The maximum Gasteiger partial charge on any atom is 0.162 e. The summed E-state index contributed by atoms with van der Waals surface area (Å²) in [5, 5.41) is 44.3. The minimum atomic E-state index is -1.31. The van der Waals surface area contributed by atoms with E-state index in [0.29, 0.717) is 75.0 Å². The standard InChI is InChI=1S/C28H40N2O8/c1-3-37-23-15-19(13-21(25(23)31)17-29-5-9-35-10-6-29)27(33)28(34)20-14-22(18-30-7-11-36-12-8-30)26(32)24(16-20)38-4-2/h13-16,27-28,31-34H,3-12,17-18H2,1-2H3/t27-,28-/m0/s1. The Bertz CT molecular complexity index is 970. The average Bonchev–Trinajstić information content (AvgIpc) is 2.93. The van der Waals surface area contributed by atoms with Crippen LogP contribution in [-0.2, 0) is 22.6 Å². The normalized spacial score (nSPS) is 18.7. The van der Waals surface area contributed by atoms with Gasteiger partial charge in [-0.15, -0.1) is 0 Å². The number of benzene rings is 2. The van der Waals surface area contributed by atoms with Gasteiger partial charge in [0.2, 0.25) is 0 Å². The minimum absolute atomic E-state index is 0.0276. The summed E-state index contributed by atoms with van der Waals surface area (Å²) in [7, 11) is 0.